The fraction of sp³-hybridized carbons (Fsp3) is 0. The van der Waals surface area contributed by atoms with Crippen LogP contribution >= 0.6 is 0 Å². The molecule has 8 nitrogen and oxygen atoms in total. The van der Waals surface area contributed by atoms with Gasteiger partial charge in [-0.1, -0.05) is 6.58 Å². The molecule has 0 unspecified atom stereocenters. The van der Waals surface area contributed by atoms with Gasteiger partial charge in [-0.25, -0.2) is 9.68 Å². The van der Waals surface area contributed by atoms with E-state index >= 15 is 0 Å². The highest BCUT2D eigenvalue weighted by Gasteiger charge is 2.18. The van der Waals surface area contributed by atoms with Crippen molar-refractivity contribution in [2.24, 2.45) is 23.3 Å². The van der Waals surface area contributed by atoms with E-state index in [0.29, 0.717) is 0 Å². The summed E-state index contributed by atoms with van der Waals surface area (Å²) < 4.78 is 0. The van der Waals surface area contributed by atoms with Crippen LogP contribution in [-0.4, -0.2) is 10.9 Å². The lowest BCUT2D eigenvalue weighted by molar-refractivity contribution is -1.17. The first kappa shape index (κ1) is 9.81. The minimum absolute atomic E-state index is 0.349. The number of nitrogens with two attached hydrogens (primary N) is 4. The number of rotatable bonds is 3. The molecule has 0 spiro atoms. The van der Waals surface area contributed by atoms with Gasteiger partial charge < -0.3 is 5.73 Å². The van der Waals surface area contributed by atoms with Crippen molar-refractivity contribution in [3.05, 3.63) is 12.3 Å². The van der Waals surface area contributed by atoms with E-state index in [1.54, 1.807) is 0 Å². The molecule has 0 radical (unpaired) electrons. The summed E-state index contributed by atoms with van der Waals surface area (Å²) in [7, 11) is 0. The maximum absolute atomic E-state index is 10.4. The standard InChI is InChI=1S/C3H10N5O3/c1-2(4)3(9)10-11-8(5,6)7/h1,4-7H2/q+1. The molecule has 64 valence electrons. The Hall–Kier alpha value is -1.19. The summed E-state index contributed by atoms with van der Waals surface area (Å²) in [6.07, 6.45) is 0. The molecule has 0 aliphatic rings. The summed E-state index contributed by atoms with van der Waals surface area (Å²) in [6.45, 7) is 3.05. The molecular formula is C3H10N5O3+. The lowest BCUT2D eigenvalue weighted by Gasteiger charge is -2.12. The monoisotopic (exact) mass is 164 g/mol. The van der Waals surface area contributed by atoms with Gasteiger partial charge in [0.1, 0.15) is 5.70 Å². The highest BCUT2D eigenvalue weighted by atomic mass is 17.3. The van der Waals surface area contributed by atoms with E-state index in [4.69, 9.17) is 23.3 Å². The number of hydrogen-bond donors (Lipinski definition) is 4. The smallest absolute Gasteiger partial charge is 0.393 e. The highest BCUT2D eigenvalue weighted by molar-refractivity contribution is 5.85. The molecule has 0 aliphatic carbocycles. The first-order valence-electron chi connectivity index (χ1n) is 2.42. The third-order valence-corrected chi connectivity index (χ3v) is 0.504. The van der Waals surface area contributed by atoms with E-state index in [2.05, 4.69) is 16.5 Å². The molecular weight excluding hydrogens is 154 g/mol. The summed E-state index contributed by atoms with van der Waals surface area (Å²) >= 11 is 0. The van der Waals surface area contributed by atoms with Gasteiger partial charge in [0.25, 0.3) is 0 Å². The number of carbonyl (C=O) groups excluding carboxylic acids is 1. The largest absolute Gasteiger partial charge is 0.394 e. The minimum Gasteiger partial charge on any atom is -0.393 e. The number of nitrogens with zero attached hydrogens (tertiary/aromatic N) is 1. The summed E-state index contributed by atoms with van der Waals surface area (Å²) in [6, 6.07) is 0. The van der Waals surface area contributed by atoms with Crippen molar-refractivity contribution in [2.45, 2.75) is 0 Å². The van der Waals surface area contributed by atoms with Crippen molar-refractivity contribution >= 4 is 5.97 Å². The van der Waals surface area contributed by atoms with Crippen LogP contribution in [-0.2, 0) is 14.7 Å². The van der Waals surface area contributed by atoms with Gasteiger partial charge in [0.05, 0.1) is 9.96 Å². The predicted molar refractivity (Wildman–Crippen MR) is 33.3 cm³/mol. The van der Waals surface area contributed by atoms with Gasteiger partial charge in [-0.15, -0.1) is 17.5 Å². The highest BCUT2D eigenvalue weighted by Crippen LogP contribution is 1.88. The molecule has 0 fully saturated rings. The summed E-state index contributed by atoms with van der Waals surface area (Å²) in [5.74, 6) is 13.4. The Morgan fingerprint density at radius 2 is 1.82 bits per heavy atom. The van der Waals surface area contributed by atoms with E-state index in [9.17, 15) is 4.79 Å². The second-order valence-corrected chi connectivity index (χ2v) is 1.73. The van der Waals surface area contributed by atoms with Gasteiger partial charge >= 0.3 is 5.97 Å². The van der Waals surface area contributed by atoms with Crippen molar-refractivity contribution in [1.82, 2.24) is 0 Å². The van der Waals surface area contributed by atoms with Gasteiger partial charge in [0.2, 0.25) is 0 Å². The van der Waals surface area contributed by atoms with Gasteiger partial charge in [-0.3, -0.25) is 0 Å². The fourth-order valence-corrected chi connectivity index (χ4v) is 0.152. The van der Waals surface area contributed by atoms with Gasteiger partial charge in [0.15, 0.2) is 0 Å². The average molecular weight is 164 g/mol. The first-order chi connectivity index (χ1) is 4.83. The number of carbonyl (C=O) groups is 1. The van der Waals surface area contributed by atoms with E-state index in [1.807, 2.05) is 0 Å². The Labute approximate surface area is 62.3 Å². The molecule has 0 atom stereocenters. The van der Waals surface area contributed by atoms with Crippen LogP contribution in [0.2, 0.25) is 0 Å². The lowest BCUT2D eigenvalue weighted by Crippen LogP contribution is -2.65. The van der Waals surface area contributed by atoms with Crippen LogP contribution in [0.3, 0.4) is 0 Å². The molecule has 0 saturated heterocycles. The zero-order valence-electron chi connectivity index (χ0n) is 5.69. The first-order valence-corrected chi connectivity index (χ1v) is 2.42. The number of quaternary nitrogens is 1. The third-order valence-electron chi connectivity index (χ3n) is 0.504. The van der Waals surface area contributed by atoms with Gasteiger partial charge in [-0.05, 0) is 0 Å². The van der Waals surface area contributed by atoms with Crippen LogP contribution in [0.15, 0.2) is 12.3 Å². The SMILES string of the molecule is C=C(N)C(=O)OO[N+](N)(N)N. The molecule has 8 N–H and O–H groups in total. The third kappa shape index (κ3) is 5.26. The van der Waals surface area contributed by atoms with E-state index < -0.39 is 10.9 Å². The molecule has 11 heavy (non-hydrogen) atoms. The van der Waals surface area contributed by atoms with Crippen molar-refractivity contribution in [1.29, 1.82) is 0 Å². The minimum atomic E-state index is -1.45. The molecule has 0 aromatic rings. The van der Waals surface area contributed by atoms with E-state index in [-0.39, 0.29) is 5.70 Å². The Bertz CT molecular complexity index is 172. The zero-order chi connectivity index (χ0) is 9.07. The second kappa shape index (κ2) is 3.27. The Morgan fingerprint density at radius 1 is 1.36 bits per heavy atom. The quantitative estimate of drug-likeness (QED) is 0.117. The van der Waals surface area contributed by atoms with Gasteiger partial charge in [0, 0.05) is 0 Å². The molecule has 0 bridgehead atoms. The Morgan fingerprint density at radius 3 is 2.09 bits per heavy atom. The van der Waals surface area contributed by atoms with Crippen molar-refractivity contribution in [3.8, 4) is 0 Å². The van der Waals surface area contributed by atoms with Crippen LogP contribution in [0.25, 0.3) is 0 Å². The molecule has 8 heteroatoms. The topological polar surface area (TPSA) is 140 Å². The molecule has 0 aromatic heterocycles. The van der Waals surface area contributed by atoms with E-state index in [0.717, 1.165) is 0 Å². The molecule has 0 rings (SSSR count). The summed E-state index contributed by atoms with van der Waals surface area (Å²) in [5, 5.41) is 0. The van der Waals surface area contributed by atoms with Crippen LogP contribution in [0.4, 0.5) is 0 Å². The molecule has 0 saturated carbocycles. The zero-order valence-corrected chi connectivity index (χ0v) is 5.69. The normalized spacial score (nSPS) is 10.8. The second-order valence-electron chi connectivity index (χ2n) is 1.73. The summed E-state index contributed by atoms with van der Waals surface area (Å²) in [4.78, 5) is 16.8. The Balaban J connectivity index is 3.73. The molecule has 0 heterocycles. The van der Waals surface area contributed by atoms with Crippen LogP contribution in [0, 0.1) is 0 Å². The van der Waals surface area contributed by atoms with Crippen molar-refractivity contribution in [2.75, 3.05) is 0 Å². The van der Waals surface area contributed by atoms with Crippen molar-refractivity contribution in [3.63, 3.8) is 0 Å². The van der Waals surface area contributed by atoms with Crippen LogP contribution < -0.4 is 23.3 Å². The lowest BCUT2D eigenvalue weighted by atomic mass is 10.5. The maximum Gasteiger partial charge on any atom is 0.394 e. The number of hydrogen-bond acceptors (Lipinski definition) is 7. The van der Waals surface area contributed by atoms with Gasteiger partial charge in [-0.2, -0.15) is 0 Å². The molecule has 0 amide bonds. The maximum atomic E-state index is 10.4. The van der Waals surface area contributed by atoms with E-state index in [1.165, 1.54) is 0 Å². The Kier molecular flexibility index (Phi) is 2.92. The van der Waals surface area contributed by atoms with Crippen LogP contribution in [0.5, 0.6) is 0 Å². The average Bonchev–Trinajstić information content (AvgIpc) is 1.80. The fourth-order valence-electron chi connectivity index (χ4n) is 0.152. The predicted octanol–water partition coefficient (Wildman–Crippen LogP) is -2.71. The van der Waals surface area contributed by atoms with Crippen molar-refractivity contribution < 1.29 is 19.6 Å². The molecule has 0 aromatic carbocycles. The molecule has 0 aliphatic heterocycles. The summed E-state index contributed by atoms with van der Waals surface area (Å²) in [5.41, 5.74) is 4.54. The van der Waals surface area contributed by atoms with Crippen LogP contribution in [0.1, 0.15) is 0 Å².